The molecule has 1 aromatic rings. The lowest BCUT2D eigenvalue weighted by molar-refractivity contribution is -0.159. The van der Waals surface area contributed by atoms with Crippen LogP contribution < -0.4 is 0 Å². The molecule has 1 rings (SSSR count). The molecule has 0 saturated heterocycles. The van der Waals surface area contributed by atoms with E-state index in [1.807, 2.05) is 0 Å². The Morgan fingerprint density at radius 1 is 1.36 bits per heavy atom. The van der Waals surface area contributed by atoms with Gasteiger partial charge in [-0.05, 0) is 30.7 Å². The van der Waals surface area contributed by atoms with E-state index in [0.29, 0.717) is 10.0 Å². The maximum absolute atomic E-state index is 12.8. The number of rotatable bonds is 3. The van der Waals surface area contributed by atoms with Crippen LogP contribution in [0.25, 0.3) is 0 Å². The topological polar surface area (TPSA) is 9.23 Å². The summed E-state index contributed by atoms with van der Waals surface area (Å²) in [7, 11) is 0. The van der Waals surface area contributed by atoms with Gasteiger partial charge in [-0.15, -0.1) is 0 Å². The number of ether oxygens (including phenoxy) is 1. The van der Waals surface area contributed by atoms with Gasteiger partial charge in [0.2, 0.25) is 0 Å². The number of hydrogen-bond donors (Lipinski definition) is 0. The second-order valence-electron chi connectivity index (χ2n) is 2.70. The second kappa shape index (κ2) is 4.79. The Morgan fingerprint density at radius 2 is 2.00 bits per heavy atom. The number of hydrogen-bond acceptors (Lipinski definition) is 1. The molecule has 14 heavy (non-hydrogen) atoms. The van der Waals surface area contributed by atoms with Gasteiger partial charge in [0.1, 0.15) is 5.82 Å². The lowest BCUT2D eigenvalue weighted by atomic mass is 10.1. The molecule has 0 fully saturated rings. The van der Waals surface area contributed by atoms with Crippen LogP contribution in [0, 0.1) is 5.82 Å². The highest BCUT2D eigenvalue weighted by molar-refractivity contribution is 9.10. The van der Waals surface area contributed by atoms with E-state index in [9.17, 15) is 13.2 Å². The first kappa shape index (κ1) is 11.5. The normalized spacial score (nSPS) is 13.3. The van der Waals surface area contributed by atoms with E-state index in [-0.39, 0.29) is 0 Å². The predicted octanol–water partition coefficient (Wildman–Crippen LogP) is 3.89. The van der Waals surface area contributed by atoms with Crippen LogP contribution in [0.4, 0.5) is 13.2 Å². The lowest BCUT2D eigenvalue weighted by Gasteiger charge is -2.14. The summed E-state index contributed by atoms with van der Waals surface area (Å²) in [5, 5.41) is 0. The highest BCUT2D eigenvalue weighted by atomic mass is 79.9. The van der Waals surface area contributed by atoms with E-state index in [1.165, 1.54) is 19.1 Å². The molecule has 0 radical (unpaired) electrons. The molecule has 0 amide bonds. The number of alkyl halides is 2. The highest BCUT2D eigenvalue weighted by Gasteiger charge is 2.15. The fraction of sp³-hybridized carbons (Fsp3) is 0.333. The van der Waals surface area contributed by atoms with Crippen molar-refractivity contribution in [3.63, 3.8) is 0 Å². The van der Waals surface area contributed by atoms with Crippen LogP contribution in [0.5, 0.6) is 0 Å². The molecule has 0 bridgehead atoms. The first-order chi connectivity index (χ1) is 6.50. The van der Waals surface area contributed by atoms with Crippen LogP contribution in [-0.2, 0) is 4.74 Å². The molecule has 78 valence electrons. The predicted molar refractivity (Wildman–Crippen MR) is 49.6 cm³/mol. The molecule has 1 atom stereocenters. The molecular formula is C9H8BrF3O. The molecule has 0 N–H and O–H groups in total. The second-order valence-corrected chi connectivity index (χ2v) is 3.56. The SMILES string of the molecule is CC(OC(F)F)c1cc(F)ccc1Br. The molecule has 0 saturated carbocycles. The third kappa shape index (κ3) is 2.99. The Bertz CT molecular complexity index is 317. The van der Waals surface area contributed by atoms with Gasteiger partial charge in [0, 0.05) is 4.47 Å². The van der Waals surface area contributed by atoms with Gasteiger partial charge >= 0.3 is 6.61 Å². The van der Waals surface area contributed by atoms with Crippen LogP contribution in [0.15, 0.2) is 22.7 Å². The summed E-state index contributed by atoms with van der Waals surface area (Å²) < 4.78 is 41.3. The molecule has 5 heteroatoms. The molecule has 1 aromatic carbocycles. The first-order valence-electron chi connectivity index (χ1n) is 3.89. The zero-order chi connectivity index (χ0) is 10.7. The number of benzene rings is 1. The Labute approximate surface area is 88.0 Å². The summed E-state index contributed by atoms with van der Waals surface area (Å²) in [4.78, 5) is 0. The van der Waals surface area contributed by atoms with Crippen molar-refractivity contribution in [3.8, 4) is 0 Å². The third-order valence-corrected chi connectivity index (χ3v) is 2.43. The van der Waals surface area contributed by atoms with Crippen LogP contribution in [0.1, 0.15) is 18.6 Å². The van der Waals surface area contributed by atoms with Gasteiger partial charge in [0.25, 0.3) is 0 Å². The maximum Gasteiger partial charge on any atom is 0.345 e. The van der Waals surface area contributed by atoms with Crippen molar-refractivity contribution in [2.75, 3.05) is 0 Å². The van der Waals surface area contributed by atoms with Gasteiger partial charge in [0.15, 0.2) is 0 Å². The van der Waals surface area contributed by atoms with Crippen molar-refractivity contribution < 1.29 is 17.9 Å². The van der Waals surface area contributed by atoms with Gasteiger partial charge in [-0.3, -0.25) is 0 Å². The Hall–Kier alpha value is -0.550. The minimum absolute atomic E-state index is 0.366. The fourth-order valence-electron chi connectivity index (χ4n) is 1.05. The Kier molecular flexibility index (Phi) is 3.95. The van der Waals surface area contributed by atoms with E-state index in [1.54, 1.807) is 0 Å². The van der Waals surface area contributed by atoms with Gasteiger partial charge < -0.3 is 4.74 Å². The standard InChI is InChI=1S/C9H8BrF3O/c1-5(14-9(12)13)7-4-6(11)2-3-8(7)10/h2-5,9H,1H3. The molecule has 0 aliphatic carbocycles. The van der Waals surface area contributed by atoms with E-state index >= 15 is 0 Å². The molecule has 0 spiro atoms. The van der Waals surface area contributed by atoms with Crippen LogP contribution >= 0.6 is 15.9 Å². The third-order valence-electron chi connectivity index (χ3n) is 1.70. The average molecular weight is 269 g/mol. The molecule has 0 aliphatic heterocycles. The molecule has 0 heterocycles. The van der Waals surface area contributed by atoms with Crippen molar-refractivity contribution in [3.05, 3.63) is 34.1 Å². The van der Waals surface area contributed by atoms with Gasteiger partial charge in [-0.1, -0.05) is 15.9 Å². The van der Waals surface area contributed by atoms with Crippen molar-refractivity contribution in [1.29, 1.82) is 0 Å². The van der Waals surface area contributed by atoms with Crippen molar-refractivity contribution >= 4 is 15.9 Å². The number of halogens is 4. The van der Waals surface area contributed by atoms with Crippen LogP contribution in [-0.4, -0.2) is 6.61 Å². The molecule has 0 aromatic heterocycles. The van der Waals surface area contributed by atoms with E-state index < -0.39 is 18.5 Å². The maximum atomic E-state index is 12.8. The minimum Gasteiger partial charge on any atom is -0.315 e. The molecule has 0 aliphatic rings. The van der Waals surface area contributed by atoms with E-state index in [4.69, 9.17) is 0 Å². The summed E-state index contributed by atoms with van der Waals surface area (Å²) in [6, 6.07) is 3.86. The zero-order valence-electron chi connectivity index (χ0n) is 7.31. The Balaban J connectivity index is 2.88. The van der Waals surface area contributed by atoms with Crippen molar-refractivity contribution in [2.45, 2.75) is 19.6 Å². The molecule has 1 unspecified atom stereocenters. The lowest BCUT2D eigenvalue weighted by Crippen LogP contribution is -2.06. The van der Waals surface area contributed by atoms with Crippen LogP contribution in [0.3, 0.4) is 0 Å². The first-order valence-corrected chi connectivity index (χ1v) is 4.68. The summed E-state index contributed by atoms with van der Waals surface area (Å²) >= 11 is 3.13. The largest absolute Gasteiger partial charge is 0.345 e. The summed E-state index contributed by atoms with van der Waals surface area (Å²) in [6.07, 6.45) is -0.847. The summed E-state index contributed by atoms with van der Waals surface area (Å²) in [5.41, 5.74) is 0.366. The fourth-order valence-corrected chi connectivity index (χ4v) is 1.62. The van der Waals surface area contributed by atoms with Crippen LogP contribution in [0.2, 0.25) is 0 Å². The minimum atomic E-state index is -2.86. The summed E-state index contributed by atoms with van der Waals surface area (Å²) in [6.45, 7) is -1.42. The van der Waals surface area contributed by atoms with E-state index in [2.05, 4.69) is 20.7 Å². The van der Waals surface area contributed by atoms with Gasteiger partial charge in [0.05, 0.1) is 6.10 Å². The average Bonchev–Trinajstić information content (AvgIpc) is 2.08. The Morgan fingerprint density at radius 3 is 2.57 bits per heavy atom. The highest BCUT2D eigenvalue weighted by Crippen LogP contribution is 2.27. The quantitative estimate of drug-likeness (QED) is 0.808. The zero-order valence-corrected chi connectivity index (χ0v) is 8.89. The van der Waals surface area contributed by atoms with Crippen molar-refractivity contribution in [1.82, 2.24) is 0 Å². The van der Waals surface area contributed by atoms with Gasteiger partial charge in [-0.25, -0.2) is 4.39 Å². The smallest absolute Gasteiger partial charge is 0.315 e. The monoisotopic (exact) mass is 268 g/mol. The van der Waals surface area contributed by atoms with E-state index in [0.717, 1.165) is 6.07 Å². The van der Waals surface area contributed by atoms with Gasteiger partial charge in [-0.2, -0.15) is 8.78 Å². The molecular weight excluding hydrogens is 261 g/mol. The summed E-state index contributed by atoms with van der Waals surface area (Å²) in [5.74, 6) is -0.479. The van der Waals surface area contributed by atoms with Crippen molar-refractivity contribution in [2.24, 2.45) is 0 Å². The molecule has 1 nitrogen and oxygen atoms in total.